The van der Waals surface area contributed by atoms with Gasteiger partial charge in [0.25, 0.3) is 10.1 Å². The molecule has 0 amide bonds. The van der Waals surface area contributed by atoms with Gasteiger partial charge < -0.3 is 14.2 Å². The lowest BCUT2D eigenvalue weighted by atomic mass is 9.86. The van der Waals surface area contributed by atoms with Gasteiger partial charge in [0.05, 0.1) is 24.6 Å². The summed E-state index contributed by atoms with van der Waals surface area (Å²) in [6.07, 6.45) is 2.35. The standard InChI is InChI=1S/C12H20O6S/c1-12(2)16-10-6-9-7(18-19(3,13)14)4-5-8(15-9)11(10)17-12/h7-11H,4-6H2,1-3H3/t7-,8-,9-,10+,11-/m0/s1. The minimum atomic E-state index is -3.46. The van der Waals surface area contributed by atoms with E-state index < -0.39 is 22.0 Å². The minimum Gasteiger partial charge on any atom is -0.369 e. The summed E-state index contributed by atoms with van der Waals surface area (Å²) < 4.78 is 45.3. The van der Waals surface area contributed by atoms with Crippen molar-refractivity contribution in [3.63, 3.8) is 0 Å². The fraction of sp³-hybridized carbons (Fsp3) is 1.00. The first-order chi connectivity index (χ1) is 8.73. The molecule has 0 aliphatic carbocycles. The molecule has 3 saturated heterocycles. The number of fused-ring (bicyclic) bond motifs is 4. The highest BCUT2D eigenvalue weighted by Crippen LogP contribution is 2.42. The molecule has 3 fully saturated rings. The molecule has 3 rings (SSSR count). The zero-order valence-electron chi connectivity index (χ0n) is 11.4. The van der Waals surface area contributed by atoms with Crippen molar-refractivity contribution in [2.75, 3.05) is 6.26 Å². The van der Waals surface area contributed by atoms with Crippen molar-refractivity contribution in [2.45, 2.75) is 69.4 Å². The lowest BCUT2D eigenvalue weighted by Gasteiger charge is -2.43. The molecule has 110 valence electrons. The predicted octanol–water partition coefficient (Wildman–Crippen LogP) is 0.803. The van der Waals surface area contributed by atoms with Gasteiger partial charge in [-0.15, -0.1) is 0 Å². The first kappa shape index (κ1) is 13.8. The molecule has 2 bridgehead atoms. The maximum atomic E-state index is 11.3. The number of rotatable bonds is 2. The van der Waals surface area contributed by atoms with Gasteiger partial charge in [-0.1, -0.05) is 0 Å². The van der Waals surface area contributed by atoms with Gasteiger partial charge in [-0.2, -0.15) is 8.42 Å². The van der Waals surface area contributed by atoms with Crippen LogP contribution in [0.2, 0.25) is 0 Å². The zero-order chi connectivity index (χ0) is 13.8. The van der Waals surface area contributed by atoms with Crippen LogP contribution in [0.5, 0.6) is 0 Å². The third-order valence-corrected chi connectivity index (χ3v) is 4.45. The molecule has 0 aromatic carbocycles. The number of hydrogen-bond donors (Lipinski definition) is 0. The smallest absolute Gasteiger partial charge is 0.264 e. The quantitative estimate of drug-likeness (QED) is 0.701. The van der Waals surface area contributed by atoms with E-state index in [1.54, 1.807) is 0 Å². The normalized spacial score (nSPS) is 44.9. The van der Waals surface area contributed by atoms with E-state index in [9.17, 15) is 8.42 Å². The van der Waals surface area contributed by atoms with Crippen LogP contribution in [0, 0.1) is 0 Å². The summed E-state index contributed by atoms with van der Waals surface area (Å²) in [7, 11) is -3.46. The van der Waals surface area contributed by atoms with Gasteiger partial charge in [-0.3, -0.25) is 4.18 Å². The van der Waals surface area contributed by atoms with E-state index in [1.165, 1.54) is 0 Å². The second-order valence-corrected chi connectivity index (χ2v) is 7.60. The first-order valence-corrected chi connectivity index (χ1v) is 8.44. The Kier molecular flexibility index (Phi) is 3.18. The Bertz CT molecular complexity index is 459. The molecular formula is C12H20O6S. The van der Waals surface area contributed by atoms with E-state index in [0.717, 1.165) is 12.7 Å². The van der Waals surface area contributed by atoms with Gasteiger partial charge in [0.1, 0.15) is 12.2 Å². The van der Waals surface area contributed by atoms with E-state index in [2.05, 4.69) is 0 Å². The van der Waals surface area contributed by atoms with E-state index in [1.807, 2.05) is 13.8 Å². The highest BCUT2D eigenvalue weighted by molar-refractivity contribution is 7.86. The lowest BCUT2D eigenvalue weighted by molar-refractivity contribution is -0.190. The van der Waals surface area contributed by atoms with Crippen LogP contribution in [-0.2, 0) is 28.5 Å². The Labute approximate surface area is 113 Å². The topological polar surface area (TPSA) is 71.1 Å². The second kappa shape index (κ2) is 4.39. The molecule has 0 saturated carbocycles. The van der Waals surface area contributed by atoms with Crippen molar-refractivity contribution in [3.05, 3.63) is 0 Å². The molecule has 0 aromatic rings. The van der Waals surface area contributed by atoms with Gasteiger partial charge in [0.15, 0.2) is 5.79 Å². The first-order valence-electron chi connectivity index (χ1n) is 6.63. The van der Waals surface area contributed by atoms with Crippen molar-refractivity contribution < 1.29 is 26.8 Å². The van der Waals surface area contributed by atoms with Gasteiger partial charge in [-0.25, -0.2) is 0 Å². The summed E-state index contributed by atoms with van der Waals surface area (Å²) in [6.45, 7) is 3.78. The maximum absolute atomic E-state index is 11.3. The molecule has 3 aliphatic rings. The summed E-state index contributed by atoms with van der Waals surface area (Å²) in [4.78, 5) is 0. The molecule has 0 unspecified atom stereocenters. The summed E-state index contributed by atoms with van der Waals surface area (Å²) in [5.74, 6) is -0.594. The van der Waals surface area contributed by atoms with E-state index in [4.69, 9.17) is 18.4 Å². The molecule has 3 heterocycles. The largest absolute Gasteiger partial charge is 0.369 e. The minimum absolute atomic E-state index is 0.0232. The van der Waals surface area contributed by atoms with Crippen LogP contribution in [0.3, 0.4) is 0 Å². The number of ether oxygens (including phenoxy) is 3. The molecule has 5 atom stereocenters. The van der Waals surface area contributed by atoms with Crippen molar-refractivity contribution in [1.82, 2.24) is 0 Å². The Morgan fingerprint density at radius 1 is 1.11 bits per heavy atom. The fourth-order valence-corrected chi connectivity index (χ4v) is 3.94. The molecule has 0 N–H and O–H groups in total. The van der Waals surface area contributed by atoms with Crippen LogP contribution in [-0.4, -0.2) is 51.0 Å². The van der Waals surface area contributed by atoms with Crippen LogP contribution in [0.15, 0.2) is 0 Å². The van der Waals surface area contributed by atoms with Crippen molar-refractivity contribution in [2.24, 2.45) is 0 Å². The summed E-state index contributed by atoms with van der Waals surface area (Å²) >= 11 is 0. The second-order valence-electron chi connectivity index (χ2n) is 6.00. The molecular weight excluding hydrogens is 272 g/mol. The van der Waals surface area contributed by atoms with Gasteiger partial charge in [0.2, 0.25) is 0 Å². The molecule has 0 spiro atoms. The van der Waals surface area contributed by atoms with Crippen molar-refractivity contribution >= 4 is 10.1 Å². The molecule has 3 aliphatic heterocycles. The molecule has 0 radical (unpaired) electrons. The van der Waals surface area contributed by atoms with Crippen LogP contribution in [0.1, 0.15) is 33.1 Å². The van der Waals surface area contributed by atoms with E-state index in [-0.39, 0.29) is 24.4 Å². The SMILES string of the molecule is CC1(C)O[C@H]2[C@@H]3CC[C@H](OS(C)(=O)=O)[C@H](C[C@H]2O1)O3. The van der Waals surface area contributed by atoms with Crippen molar-refractivity contribution in [3.8, 4) is 0 Å². The Hall–Kier alpha value is -0.210. The summed E-state index contributed by atoms with van der Waals surface area (Å²) in [5.41, 5.74) is 0. The van der Waals surface area contributed by atoms with Crippen LogP contribution in [0.4, 0.5) is 0 Å². The van der Waals surface area contributed by atoms with E-state index in [0.29, 0.717) is 12.8 Å². The zero-order valence-corrected chi connectivity index (χ0v) is 12.2. The number of hydrogen-bond acceptors (Lipinski definition) is 6. The predicted molar refractivity (Wildman–Crippen MR) is 66.1 cm³/mol. The summed E-state index contributed by atoms with van der Waals surface area (Å²) in [5, 5.41) is 0. The molecule has 7 heteroatoms. The third-order valence-electron chi connectivity index (χ3n) is 3.85. The van der Waals surface area contributed by atoms with Gasteiger partial charge >= 0.3 is 0 Å². The van der Waals surface area contributed by atoms with Crippen molar-refractivity contribution in [1.29, 1.82) is 0 Å². The highest BCUT2D eigenvalue weighted by atomic mass is 32.2. The Morgan fingerprint density at radius 2 is 1.84 bits per heavy atom. The molecule has 19 heavy (non-hydrogen) atoms. The molecule has 6 nitrogen and oxygen atoms in total. The monoisotopic (exact) mass is 292 g/mol. The molecule has 0 aromatic heterocycles. The maximum Gasteiger partial charge on any atom is 0.264 e. The van der Waals surface area contributed by atoms with Crippen LogP contribution < -0.4 is 0 Å². The van der Waals surface area contributed by atoms with Gasteiger partial charge in [0, 0.05) is 6.42 Å². The van der Waals surface area contributed by atoms with Gasteiger partial charge in [-0.05, 0) is 26.7 Å². The Morgan fingerprint density at radius 3 is 2.53 bits per heavy atom. The Balaban J connectivity index is 1.73. The summed E-state index contributed by atoms with van der Waals surface area (Å²) in [6, 6.07) is 0. The van der Waals surface area contributed by atoms with Crippen LogP contribution in [0.25, 0.3) is 0 Å². The average molecular weight is 292 g/mol. The van der Waals surface area contributed by atoms with E-state index >= 15 is 0 Å². The lowest BCUT2D eigenvalue weighted by Crippen LogP contribution is -2.54. The fourth-order valence-electron chi connectivity index (χ4n) is 3.27. The third kappa shape index (κ3) is 2.80. The highest BCUT2D eigenvalue weighted by Gasteiger charge is 2.53. The van der Waals surface area contributed by atoms with Crippen LogP contribution >= 0.6 is 0 Å². The average Bonchev–Trinajstić information content (AvgIpc) is 2.55.